The van der Waals surface area contributed by atoms with Gasteiger partial charge in [-0.2, -0.15) is 0 Å². The molecule has 1 amide bonds. The van der Waals surface area contributed by atoms with Gasteiger partial charge in [-0.25, -0.2) is 4.39 Å². The summed E-state index contributed by atoms with van der Waals surface area (Å²) in [6, 6.07) is 4.05. The molecule has 3 nitrogen and oxygen atoms in total. The fraction of sp³-hybridized carbons (Fsp3) is 0.462. The van der Waals surface area contributed by atoms with Crippen molar-refractivity contribution < 1.29 is 9.18 Å². The van der Waals surface area contributed by atoms with Crippen LogP contribution in [-0.2, 0) is 11.2 Å². The molecule has 0 radical (unpaired) electrons. The van der Waals surface area contributed by atoms with E-state index in [2.05, 4.69) is 0 Å². The van der Waals surface area contributed by atoms with E-state index in [1.165, 1.54) is 12.1 Å². The highest BCUT2D eigenvalue weighted by atomic mass is 35.5. The Balaban J connectivity index is 0.00000162. The molecule has 1 atom stereocenters. The Morgan fingerprint density at radius 3 is 2.72 bits per heavy atom. The van der Waals surface area contributed by atoms with Crippen LogP contribution in [0.3, 0.4) is 0 Å². The van der Waals surface area contributed by atoms with Crippen molar-refractivity contribution in [2.24, 2.45) is 11.7 Å². The van der Waals surface area contributed by atoms with E-state index in [9.17, 15) is 9.18 Å². The van der Waals surface area contributed by atoms with Gasteiger partial charge in [-0.15, -0.1) is 12.4 Å². The number of halogens is 2. The zero-order valence-corrected chi connectivity index (χ0v) is 11.3. The molecule has 18 heavy (non-hydrogen) atoms. The zero-order valence-electron chi connectivity index (χ0n) is 10.5. The molecule has 0 spiro atoms. The molecule has 0 fully saturated rings. The maximum Gasteiger partial charge on any atom is 0.244 e. The lowest BCUT2D eigenvalue weighted by Crippen LogP contribution is -2.46. The fourth-order valence-corrected chi connectivity index (χ4v) is 2.05. The molecule has 2 rings (SSSR count). The largest absolute Gasteiger partial charge is 0.320 e. The average molecular weight is 273 g/mol. The number of hydrogen-bond donors (Lipinski definition) is 1. The van der Waals surface area contributed by atoms with Crippen LogP contribution >= 0.6 is 12.4 Å². The van der Waals surface area contributed by atoms with Crippen molar-refractivity contribution >= 4 is 24.0 Å². The van der Waals surface area contributed by atoms with Crippen LogP contribution < -0.4 is 10.6 Å². The number of carbonyl (C=O) groups is 1. The first-order valence-corrected chi connectivity index (χ1v) is 5.86. The molecule has 0 aromatic heterocycles. The van der Waals surface area contributed by atoms with Gasteiger partial charge in [-0.05, 0) is 30.0 Å². The summed E-state index contributed by atoms with van der Waals surface area (Å²) < 4.78 is 13.2. The van der Waals surface area contributed by atoms with Crippen molar-refractivity contribution in [3.8, 4) is 0 Å². The number of nitrogens with two attached hydrogens (primary N) is 1. The first-order chi connectivity index (χ1) is 8.00. The SMILES string of the molecule is CC(C)[C@H](N)C(=O)N1CCc2ccc(F)cc21.Cl. The van der Waals surface area contributed by atoms with Gasteiger partial charge in [0.25, 0.3) is 0 Å². The molecule has 0 saturated carbocycles. The summed E-state index contributed by atoms with van der Waals surface area (Å²) in [6.07, 6.45) is 0.770. The van der Waals surface area contributed by atoms with E-state index in [1.54, 1.807) is 11.0 Å². The number of hydrogen-bond acceptors (Lipinski definition) is 2. The molecule has 100 valence electrons. The molecule has 5 heteroatoms. The third-order valence-corrected chi connectivity index (χ3v) is 3.21. The van der Waals surface area contributed by atoms with E-state index in [4.69, 9.17) is 5.73 Å². The molecule has 0 bridgehead atoms. The minimum Gasteiger partial charge on any atom is -0.320 e. The molecule has 0 aliphatic carbocycles. The first-order valence-electron chi connectivity index (χ1n) is 5.86. The molecule has 0 unspecified atom stereocenters. The van der Waals surface area contributed by atoms with E-state index in [1.807, 2.05) is 13.8 Å². The fourth-order valence-electron chi connectivity index (χ4n) is 2.05. The lowest BCUT2D eigenvalue weighted by Gasteiger charge is -2.23. The summed E-state index contributed by atoms with van der Waals surface area (Å²) in [4.78, 5) is 13.7. The van der Waals surface area contributed by atoms with Crippen LogP contribution in [0.4, 0.5) is 10.1 Å². The monoisotopic (exact) mass is 272 g/mol. The third kappa shape index (κ3) is 2.65. The Labute approximate surface area is 113 Å². The van der Waals surface area contributed by atoms with Crippen molar-refractivity contribution in [2.45, 2.75) is 26.3 Å². The highest BCUT2D eigenvalue weighted by molar-refractivity contribution is 5.99. The minimum absolute atomic E-state index is 0. The smallest absolute Gasteiger partial charge is 0.244 e. The number of benzene rings is 1. The highest BCUT2D eigenvalue weighted by Crippen LogP contribution is 2.29. The summed E-state index contributed by atoms with van der Waals surface area (Å²) in [7, 11) is 0. The van der Waals surface area contributed by atoms with E-state index < -0.39 is 6.04 Å². The Bertz CT molecular complexity index is 451. The molecule has 0 saturated heterocycles. The molecule has 1 aliphatic rings. The standard InChI is InChI=1S/C13H17FN2O.ClH/c1-8(2)12(15)13(17)16-6-5-9-3-4-10(14)7-11(9)16;/h3-4,7-8,12H,5-6,15H2,1-2H3;1H/t12-;/m0./s1. The van der Waals surface area contributed by atoms with Crippen LogP contribution in [-0.4, -0.2) is 18.5 Å². The number of fused-ring (bicyclic) bond motifs is 1. The maximum absolute atomic E-state index is 13.2. The molecule has 1 aromatic rings. The van der Waals surface area contributed by atoms with Crippen molar-refractivity contribution in [3.05, 3.63) is 29.6 Å². The topological polar surface area (TPSA) is 46.3 Å². The molecule has 2 N–H and O–H groups in total. The van der Waals surface area contributed by atoms with E-state index >= 15 is 0 Å². The summed E-state index contributed by atoms with van der Waals surface area (Å²) in [5, 5.41) is 0. The van der Waals surface area contributed by atoms with Crippen molar-refractivity contribution in [1.29, 1.82) is 0 Å². The van der Waals surface area contributed by atoms with Gasteiger partial charge in [-0.1, -0.05) is 19.9 Å². The van der Waals surface area contributed by atoms with Crippen LogP contribution in [0.15, 0.2) is 18.2 Å². The quantitative estimate of drug-likeness (QED) is 0.896. The predicted molar refractivity (Wildman–Crippen MR) is 72.5 cm³/mol. The van der Waals surface area contributed by atoms with E-state index in [-0.39, 0.29) is 30.0 Å². The number of carbonyl (C=O) groups excluding carboxylic acids is 1. The molecule has 1 aliphatic heterocycles. The normalized spacial score (nSPS) is 15.3. The molecular weight excluding hydrogens is 255 g/mol. The van der Waals surface area contributed by atoms with Gasteiger partial charge in [0.15, 0.2) is 0 Å². The number of rotatable bonds is 2. The molecule has 1 aromatic carbocycles. The summed E-state index contributed by atoms with van der Waals surface area (Å²) in [5.74, 6) is -0.356. The Kier molecular flexibility index (Phi) is 4.71. The maximum atomic E-state index is 13.2. The zero-order chi connectivity index (χ0) is 12.6. The number of anilines is 1. The van der Waals surface area contributed by atoms with Gasteiger partial charge in [0, 0.05) is 12.2 Å². The summed E-state index contributed by atoms with van der Waals surface area (Å²) in [6.45, 7) is 4.41. The highest BCUT2D eigenvalue weighted by Gasteiger charge is 2.29. The van der Waals surface area contributed by atoms with Gasteiger partial charge in [0.1, 0.15) is 5.82 Å². The van der Waals surface area contributed by atoms with Crippen LogP contribution in [0.5, 0.6) is 0 Å². The Hall–Kier alpha value is -1.13. The van der Waals surface area contributed by atoms with Gasteiger partial charge in [-0.3, -0.25) is 4.79 Å². The van der Waals surface area contributed by atoms with Crippen LogP contribution in [0.25, 0.3) is 0 Å². The second kappa shape index (κ2) is 5.67. The first kappa shape index (κ1) is 14.9. The summed E-state index contributed by atoms with van der Waals surface area (Å²) >= 11 is 0. The van der Waals surface area contributed by atoms with Gasteiger partial charge in [0.05, 0.1) is 6.04 Å². The second-order valence-electron chi connectivity index (χ2n) is 4.78. The lowest BCUT2D eigenvalue weighted by molar-refractivity contribution is -0.120. The molecular formula is C13H18ClFN2O. The average Bonchev–Trinajstić information content (AvgIpc) is 2.69. The molecule has 1 heterocycles. The Morgan fingerprint density at radius 1 is 1.44 bits per heavy atom. The van der Waals surface area contributed by atoms with Crippen LogP contribution in [0.2, 0.25) is 0 Å². The van der Waals surface area contributed by atoms with Gasteiger partial charge < -0.3 is 10.6 Å². The minimum atomic E-state index is -0.524. The van der Waals surface area contributed by atoms with Crippen molar-refractivity contribution in [3.63, 3.8) is 0 Å². The summed E-state index contributed by atoms with van der Waals surface area (Å²) in [5.41, 5.74) is 7.53. The van der Waals surface area contributed by atoms with Crippen LogP contribution in [0.1, 0.15) is 19.4 Å². The third-order valence-electron chi connectivity index (χ3n) is 3.21. The Morgan fingerprint density at radius 2 is 2.11 bits per heavy atom. The second-order valence-corrected chi connectivity index (χ2v) is 4.78. The number of amides is 1. The van der Waals surface area contributed by atoms with Crippen LogP contribution in [0, 0.1) is 11.7 Å². The van der Waals surface area contributed by atoms with E-state index in [0.29, 0.717) is 12.2 Å². The van der Waals surface area contributed by atoms with Crippen molar-refractivity contribution in [2.75, 3.05) is 11.4 Å². The predicted octanol–water partition coefficient (Wildman–Crippen LogP) is 2.12. The van der Waals surface area contributed by atoms with Crippen molar-refractivity contribution in [1.82, 2.24) is 0 Å². The van der Waals surface area contributed by atoms with E-state index in [0.717, 1.165) is 12.0 Å². The van der Waals surface area contributed by atoms with Gasteiger partial charge in [0.2, 0.25) is 5.91 Å². The lowest BCUT2D eigenvalue weighted by atomic mass is 10.0. The van der Waals surface area contributed by atoms with Gasteiger partial charge >= 0.3 is 0 Å². The number of nitrogens with zero attached hydrogens (tertiary/aromatic N) is 1.